The fraction of sp³-hybridized carbons (Fsp3) is 0.500. The maximum absolute atomic E-state index is 10.3. The summed E-state index contributed by atoms with van der Waals surface area (Å²) in [5, 5.41) is 4.17. The van der Waals surface area contributed by atoms with Crippen LogP contribution < -0.4 is 5.32 Å². The first-order valence-electron chi connectivity index (χ1n) is 3.92. The molecule has 12 heavy (non-hydrogen) atoms. The Labute approximate surface area is 76.5 Å². The minimum atomic E-state index is 0.219. The summed E-state index contributed by atoms with van der Waals surface area (Å²) in [4.78, 5) is 14.3. The molecule has 0 saturated carbocycles. The number of aldehydes is 1. The molecule has 0 amide bonds. The molecule has 1 aliphatic heterocycles. The second-order valence-corrected chi connectivity index (χ2v) is 2.90. The van der Waals surface area contributed by atoms with Crippen molar-refractivity contribution in [2.75, 3.05) is 0 Å². The van der Waals surface area contributed by atoms with Crippen molar-refractivity contribution in [1.82, 2.24) is 5.32 Å². The van der Waals surface area contributed by atoms with Crippen LogP contribution in [0.4, 0.5) is 0 Å². The van der Waals surface area contributed by atoms with E-state index in [0.29, 0.717) is 12.1 Å². The summed E-state index contributed by atoms with van der Waals surface area (Å²) >= 11 is 5.62. The smallest absolute Gasteiger partial charge is 0.171 e. The molecular weight excluding hydrogens is 176 g/mol. The molecule has 0 saturated heterocycles. The Bertz CT molecular complexity index is 245. The van der Waals surface area contributed by atoms with E-state index in [1.54, 1.807) is 0 Å². The Morgan fingerprint density at radius 1 is 1.58 bits per heavy atom. The number of aliphatic imine (C=N–C) groups is 1. The van der Waals surface area contributed by atoms with Crippen molar-refractivity contribution < 1.29 is 4.79 Å². The highest BCUT2D eigenvalue weighted by molar-refractivity contribution is 6.32. The summed E-state index contributed by atoms with van der Waals surface area (Å²) in [5.74, 6) is 0.670. The van der Waals surface area contributed by atoms with Crippen LogP contribution >= 0.6 is 11.6 Å². The summed E-state index contributed by atoms with van der Waals surface area (Å²) in [6.45, 7) is 2.09. The fourth-order valence-electron chi connectivity index (χ4n) is 0.902. The maximum Gasteiger partial charge on any atom is 0.171 e. The van der Waals surface area contributed by atoms with Gasteiger partial charge in [0.2, 0.25) is 0 Å². The number of halogens is 1. The van der Waals surface area contributed by atoms with Crippen LogP contribution in [0.3, 0.4) is 0 Å². The van der Waals surface area contributed by atoms with Gasteiger partial charge in [0.25, 0.3) is 0 Å². The predicted molar refractivity (Wildman–Crippen MR) is 48.0 cm³/mol. The third-order valence-corrected chi connectivity index (χ3v) is 1.83. The highest BCUT2D eigenvalue weighted by Gasteiger charge is 2.15. The summed E-state index contributed by atoms with van der Waals surface area (Å²) in [5.41, 5.74) is 0.253. The van der Waals surface area contributed by atoms with E-state index < -0.39 is 0 Å². The van der Waals surface area contributed by atoms with Gasteiger partial charge in [0, 0.05) is 6.42 Å². The van der Waals surface area contributed by atoms with Gasteiger partial charge in [0.15, 0.2) is 11.4 Å². The summed E-state index contributed by atoms with van der Waals surface area (Å²) in [7, 11) is 0. The maximum atomic E-state index is 10.3. The third kappa shape index (κ3) is 2.08. The molecule has 1 rings (SSSR count). The van der Waals surface area contributed by atoms with Crippen molar-refractivity contribution >= 4 is 23.7 Å². The summed E-state index contributed by atoms with van der Waals surface area (Å²) in [6, 6.07) is 0. The molecule has 4 heteroatoms. The quantitative estimate of drug-likeness (QED) is 0.487. The molecule has 65 valence electrons. The first kappa shape index (κ1) is 9.26. The Hall–Kier alpha value is -0.830. The summed E-state index contributed by atoms with van der Waals surface area (Å²) < 4.78 is 0. The molecule has 0 atom stereocenters. The Morgan fingerprint density at radius 2 is 2.33 bits per heavy atom. The topological polar surface area (TPSA) is 43.5 Å². The van der Waals surface area contributed by atoms with Crippen LogP contribution in [0.25, 0.3) is 0 Å². The second-order valence-electron chi connectivity index (χ2n) is 2.54. The minimum Gasteiger partial charge on any atom is -0.296 e. The van der Waals surface area contributed by atoms with Crippen molar-refractivity contribution in [2.24, 2.45) is 4.99 Å². The van der Waals surface area contributed by atoms with Crippen molar-refractivity contribution in [1.29, 1.82) is 0 Å². The van der Waals surface area contributed by atoms with Crippen LogP contribution in [0.1, 0.15) is 26.2 Å². The number of hydrogen-bond donors (Lipinski definition) is 0. The number of allylic oxidation sites excluding steroid dienone is 1. The average molecular weight is 186 g/mol. The average Bonchev–Trinajstić information content (AvgIpc) is 2.43. The molecule has 0 spiro atoms. The van der Waals surface area contributed by atoms with Crippen LogP contribution in [0.5, 0.6) is 0 Å². The van der Waals surface area contributed by atoms with E-state index in [-0.39, 0.29) is 10.9 Å². The van der Waals surface area contributed by atoms with E-state index in [9.17, 15) is 4.79 Å². The van der Waals surface area contributed by atoms with Gasteiger partial charge in [-0.3, -0.25) is 4.79 Å². The van der Waals surface area contributed by atoms with Crippen LogP contribution in [0.2, 0.25) is 0 Å². The predicted octanol–water partition coefficient (Wildman–Crippen LogP) is 1.80. The largest absolute Gasteiger partial charge is 0.296 e. The van der Waals surface area contributed by atoms with Gasteiger partial charge in [-0.15, -0.1) is 0 Å². The van der Waals surface area contributed by atoms with E-state index in [4.69, 9.17) is 11.6 Å². The molecule has 0 aromatic carbocycles. The van der Waals surface area contributed by atoms with Crippen molar-refractivity contribution in [3.05, 3.63) is 10.9 Å². The zero-order valence-electron chi connectivity index (χ0n) is 6.88. The van der Waals surface area contributed by atoms with E-state index in [2.05, 4.69) is 17.2 Å². The number of rotatable bonds is 4. The molecule has 0 unspecified atom stereocenters. The molecule has 3 nitrogen and oxygen atoms in total. The summed E-state index contributed by atoms with van der Waals surface area (Å²) in [6.07, 6.45) is 3.54. The number of carbonyl (C=O) groups excluding carboxylic acids is 1. The Kier molecular flexibility index (Phi) is 3.29. The van der Waals surface area contributed by atoms with E-state index in [1.807, 2.05) is 0 Å². The second kappa shape index (κ2) is 4.26. The molecule has 0 aliphatic carbocycles. The number of unbranched alkanes of at least 4 members (excludes halogenated alkanes) is 1. The molecular formula is C8H10ClN2O. The number of amidine groups is 1. The lowest BCUT2D eigenvalue weighted by Crippen LogP contribution is -2.10. The molecule has 1 aliphatic rings. The molecule has 0 N–H and O–H groups in total. The highest BCUT2D eigenvalue weighted by Crippen LogP contribution is 2.16. The minimum absolute atomic E-state index is 0.219. The van der Waals surface area contributed by atoms with E-state index >= 15 is 0 Å². The molecule has 0 aromatic rings. The van der Waals surface area contributed by atoms with Crippen molar-refractivity contribution in [3.63, 3.8) is 0 Å². The zero-order valence-corrected chi connectivity index (χ0v) is 7.64. The molecule has 0 aromatic heterocycles. The van der Waals surface area contributed by atoms with Crippen LogP contribution in [0, 0.1) is 0 Å². The van der Waals surface area contributed by atoms with E-state index in [1.165, 1.54) is 0 Å². The van der Waals surface area contributed by atoms with Crippen LogP contribution in [0.15, 0.2) is 15.8 Å². The first-order chi connectivity index (χ1) is 5.77. The molecule has 0 bridgehead atoms. The number of hydrogen-bond acceptors (Lipinski definition) is 2. The van der Waals surface area contributed by atoms with Gasteiger partial charge in [-0.05, 0) is 6.42 Å². The number of nitrogens with zero attached hydrogens (tertiary/aromatic N) is 2. The highest BCUT2D eigenvalue weighted by atomic mass is 35.5. The SMILES string of the molecule is CCCCC1=NC(Cl)=C(C=O)[N]1. The van der Waals surface area contributed by atoms with Gasteiger partial charge in [-0.25, -0.2) is 10.3 Å². The normalized spacial score (nSPS) is 16.0. The lowest BCUT2D eigenvalue weighted by atomic mass is 10.2. The standard InChI is InChI=1S/C8H10ClN2O/c1-2-3-4-7-10-6(5-12)8(9)11-7/h5H,2-4H2,1H3. The molecule has 0 fully saturated rings. The van der Waals surface area contributed by atoms with Gasteiger partial charge < -0.3 is 0 Å². The molecule has 1 heterocycles. The first-order valence-corrected chi connectivity index (χ1v) is 4.30. The van der Waals surface area contributed by atoms with Gasteiger partial charge in [0.05, 0.1) is 0 Å². The van der Waals surface area contributed by atoms with Crippen LogP contribution in [-0.2, 0) is 4.79 Å². The zero-order chi connectivity index (χ0) is 8.97. The molecule has 1 radical (unpaired) electrons. The van der Waals surface area contributed by atoms with Crippen molar-refractivity contribution in [2.45, 2.75) is 26.2 Å². The lowest BCUT2D eigenvalue weighted by Gasteiger charge is -1.96. The van der Waals surface area contributed by atoms with Crippen LogP contribution in [-0.4, -0.2) is 12.1 Å². The number of carbonyl (C=O) groups is 1. The Morgan fingerprint density at radius 3 is 2.83 bits per heavy atom. The van der Waals surface area contributed by atoms with Crippen molar-refractivity contribution in [3.8, 4) is 0 Å². The van der Waals surface area contributed by atoms with Gasteiger partial charge >= 0.3 is 0 Å². The van der Waals surface area contributed by atoms with E-state index in [0.717, 1.165) is 19.3 Å². The van der Waals surface area contributed by atoms with Gasteiger partial charge in [-0.1, -0.05) is 24.9 Å². The fourth-order valence-corrected chi connectivity index (χ4v) is 1.09. The third-order valence-electron chi connectivity index (χ3n) is 1.55. The Balaban J connectivity index is 2.46. The lowest BCUT2D eigenvalue weighted by molar-refractivity contribution is -0.105. The monoisotopic (exact) mass is 185 g/mol. The van der Waals surface area contributed by atoms with Gasteiger partial charge in [-0.2, -0.15) is 0 Å². The van der Waals surface area contributed by atoms with Gasteiger partial charge in [0.1, 0.15) is 11.5 Å².